The van der Waals surface area contributed by atoms with Gasteiger partial charge >= 0.3 is 0 Å². The van der Waals surface area contributed by atoms with E-state index in [4.69, 9.17) is 9.47 Å². The molecule has 0 aliphatic rings. The number of hydrogen-bond acceptors (Lipinski definition) is 7. The van der Waals surface area contributed by atoms with Crippen molar-refractivity contribution in [1.29, 1.82) is 0 Å². The molecule has 0 spiro atoms. The number of benzene rings is 2. The zero-order chi connectivity index (χ0) is 23.1. The van der Waals surface area contributed by atoms with E-state index in [1.165, 1.54) is 4.31 Å². The Morgan fingerprint density at radius 3 is 1.72 bits per heavy atom. The third-order valence-corrected chi connectivity index (χ3v) is 6.68. The van der Waals surface area contributed by atoms with Gasteiger partial charge in [0.2, 0.25) is 10.0 Å². The monoisotopic (exact) mass is 457 g/mol. The van der Waals surface area contributed by atoms with E-state index in [1.807, 2.05) is 31.2 Å². The van der Waals surface area contributed by atoms with Gasteiger partial charge in [0, 0.05) is 25.5 Å². The van der Waals surface area contributed by atoms with Gasteiger partial charge in [-0.05, 0) is 47.9 Å². The first-order valence-electron chi connectivity index (χ1n) is 10.0. The van der Waals surface area contributed by atoms with Crippen LogP contribution in [0.4, 0.5) is 0 Å². The van der Waals surface area contributed by atoms with Gasteiger partial charge in [-0.1, -0.05) is 24.3 Å². The lowest BCUT2D eigenvalue weighted by Crippen LogP contribution is -2.34. The quantitative estimate of drug-likeness (QED) is 0.499. The van der Waals surface area contributed by atoms with Crippen molar-refractivity contribution in [1.82, 2.24) is 14.3 Å². The minimum absolute atomic E-state index is 0.0769. The molecule has 0 aliphatic heterocycles. The SMILES string of the molecule is COc1ccc(CN(Cc2ccc(OC)cc2)S(=O)(=O)C[C@H](O)c2ncc(C)cn2)cc1. The minimum atomic E-state index is -3.87. The van der Waals surface area contributed by atoms with Gasteiger partial charge in [0.15, 0.2) is 5.82 Å². The molecular formula is C23H27N3O5S. The molecule has 0 bridgehead atoms. The standard InChI is InChI=1S/C23H27N3O5S/c1-17-12-24-23(25-13-17)22(27)16-32(28,29)26(14-18-4-8-20(30-2)9-5-18)15-19-6-10-21(31-3)11-7-19/h4-13,22,27H,14-16H2,1-3H3/t22-/m0/s1. The van der Waals surface area contributed by atoms with Crippen LogP contribution in [0.3, 0.4) is 0 Å². The second-order valence-electron chi connectivity index (χ2n) is 7.38. The zero-order valence-electron chi connectivity index (χ0n) is 18.3. The van der Waals surface area contributed by atoms with Gasteiger partial charge in [0.1, 0.15) is 17.6 Å². The predicted octanol–water partition coefficient (Wildman–Crippen LogP) is 2.87. The van der Waals surface area contributed by atoms with E-state index in [0.29, 0.717) is 11.5 Å². The van der Waals surface area contributed by atoms with E-state index < -0.39 is 21.9 Å². The summed E-state index contributed by atoms with van der Waals surface area (Å²) in [7, 11) is -0.720. The Balaban J connectivity index is 1.84. The first kappa shape index (κ1) is 23.6. The highest BCUT2D eigenvalue weighted by Crippen LogP contribution is 2.21. The lowest BCUT2D eigenvalue weighted by atomic mass is 10.2. The molecule has 0 aliphatic carbocycles. The second-order valence-corrected chi connectivity index (χ2v) is 9.39. The Morgan fingerprint density at radius 1 is 0.875 bits per heavy atom. The van der Waals surface area contributed by atoms with E-state index >= 15 is 0 Å². The van der Waals surface area contributed by atoms with E-state index in [9.17, 15) is 13.5 Å². The fourth-order valence-corrected chi connectivity index (χ4v) is 4.53. The average Bonchev–Trinajstić information content (AvgIpc) is 2.79. The number of rotatable bonds is 10. The van der Waals surface area contributed by atoms with Crippen molar-refractivity contribution >= 4 is 10.0 Å². The number of aliphatic hydroxyl groups excluding tert-OH is 1. The van der Waals surface area contributed by atoms with Crippen LogP contribution in [-0.2, 0) is 23.1 Å². The number of aryl methyl sites for hydroxylation is 1. The normalized spacial score (nSPS) is 12.5. The summed E-state index contributed by atoms with van der Waals surface area (Å²) in [6.07, 6.45) is 1.75. The summed E-state index contributed by atoms with van der Waals surface area (Å²) in [5.74, 6) is 0.922. The van der Waals surface area contributed by atoms with Crippen molar-refractivity contribution in [2.45, 2.75) is 26.1 Å². The van der Waals surface area contributed by atoms with Gasteiger partial charge in [-0.2, -0.15) is 4.31 Å². The van der Waals surface area contributed by atoms with E-state index in [2.05, 4.69) is 9.97 Å². The number of ether oxygens (including phenoxy) is 2. The van der Waals surface area contributed by atoms with Crippen LogP contribution in [0, 0.1) is 6.92 Å². The molecule has 3 aromatic rings. The molecule has 9 heteroatoms. The summed E-state index contributed by atoms with van der Waals surface area (Å²) in [5.41, 5.74) is 2.41. The highest BCUT2D eigenvalue weighted by molar-refractivity contribution is 7.89. The molecule has 32 heavy (non-hydrogen) atoms. The molecule has 170 valence electrons. The van der Waals surface area contributed by atoms with Gasteiger partial charge < -0.3 is 14.6 Å². The van der Waals surface area contributed by atoms with E-state index in [0.717, 1.165) is 16.7 Å². The molecule has 0 unspecified atom stereocenters. The third-order valence-electron chi connectivity index (χ3n) is 4.90. The third kappa shape index (κ3) is 6.25. The van der Waals surface area contributed by atoms with Gasteiger partial charge in [-0.15, -0.1) is 0 Å². The van der Waals surface area contributed by atoms with Gasteiger partial charge in [0.25, 0.3) is 0 Å². The van der Waals surface area contributed by atoms with E-state index in [-0.39, 0.29) is 18.9 Å². The summed E-state index contributed by atoms with van der Waals surface area (Å²) in [6.45, 7) is 2.10. The lowest BCUT2D eigenvalue weighted by Gasteiger charge is -2.24. The Morgan fingerprint density at radius 2 is 1.31 bits per heavy atom. The maximum absolute atomic E-state index is 13.3. The molecule has 1 heterocycles. The molecule has 0 fully saturated rings. The molecule has 1 N–H and O–H groups in total. The zero-order valence-corrected chi connectivity index (χ0v) is 19.1. The van der Waals surface area contributed by atoms with Crippen LogP contribution in [0.1, 0.15) is 28.6 Å². The molecule has 2 aromatic carbocycles. The predicted molar refractivity (Wildman–Crippen MR) is 121 cm³/mol. The molecule has 0 saturated heterocycles. The van der Waals surface area contributed by atoms with Crippen LogP contribution in [0.5, 0.6) is 11.5 Å². The molecule has 0 radical (unpaired) electrons. The molecule has 8 nitrogen and oxygen atoms in total. The highest BCUT2D eigenvalue weighted by Gasteiger charge is 2.28. The van der Waals surface area contributed by atoms with Crippen LogP contribution in [0.2, 0.25) is 0 Å². The smallest absolute Gasteiger partial charge is 0.217 e. The second kappa shape index (κ2) is 10.5. The summed E-state index contributed by atoms with van der Waals surface area (Å²) in [5, 5.41) is 10.5. The molecular weight excluding hydrogens is 430 g/mol. The Kier molecular flexibility index (Phi) is 7.79. The van der Waals surface area contributed by atoms with Gasteiger partial charge in [-0.25, -0.2) is 18.4 Å². The Hall–Kier alpha value is -3.01. The van der Waals surface area contributed by atoms with Crippen LogP contribution in [0.25, 0.3) is 0 Å². The topological polar surface area (TPSA) is 102 Å². The largest absolute Gasteiger partial charge is 0.497 e. The highest BCUT2D eigenvalue weighted by atomic mass is 32.2. The number of nitrogens with zero attached hydrogens (tertiary/aromatic N) is 3. The average molecular weight is 458 g/mol. The van der Waals surface area contributed by atoms with Crippen molar-refractivity contribution in [3.8, 4) is 11.5 Å². The molecule has 3 rings (SSSR count). The van der Waals surface area contributed by atoms with Crippen LogP contribution < -0.4 is 9.47 Å². The minimum Gasteiger partial charge on any atom is -0.497 e. The Bertz CT molecular complexity index is 1050. The van der Waals surface area contributed by atoms with Crippen molar-refractivity contribution < 1.29 is 23.0 Å². The van der Waals surface area contributed by atoms with Crippen molar-refractivity contribution in [2.24, 2.45) is 0 Å². The first-order chi connectivity index (χ1) is 15.3. The summed E-state index contributed by atoms with van der Waals surface area (Å²) in [6, 6.07) is 14.4. The fraction of sp³-hybridized carbons (Fsp3) is 0.304. The molecule has 1 atom stereocenters. The van der Waals surface area contributed by atoms with Crippen molar-refractivity contribution in [3.05, 3.63) is 83.4 Å². The van der Waals surface area contributed by atoms with Gasteiger partial charge in [-0.3, -0.25) is 0 Å². The van der Waals surface area contributed by atoms with Crippen LogP contribution >= 0.6 is 0 Å². The maximum atomic E-state index is 13.3. The molecule has 0 amide bonds. The maximum Gasteiger partial charge on any atom is 0.217 e. The van der Waals surface area contributed by atoms with Crippen molar-refractivity contribution in [2.75, 3.05) is 20.0 Å². The first-order valence-corrected chi connectivity index (χ1v) is 11.6. The van der Waals surface area contributed by atoms with Gasteiger partial charge in [0.05, 0.1) is 20.0 Å². The number of hydrogen-bond donors (Lipinski definition) is 1. The molecule has 1 aromatic heterocycles. The number of aliphatic hydroxyl groups is 1. The van der Waals surface area contributed by atoms with Crippen LogP contribution in [0.15, 0.2) is 60.9 Å². The fourth-order valence-electron chi connectivity index (χ4n) is 3.08. The van der Waals surface area contributed by atoms with Crippen LogP contribution in [-0.4, -0.2) is 47.8 Å². The number of methoxy groups -OCH3 is 2. The number of aromatic nitrogens is 2. The lowest BCUT2D eigenvalue weighted by molar-refractivity contribution is 0.188. The summed E-state index contributed by atoms with van der Waals surface area (Å²) in [4.78, 5) is 8.11. The number of sulfonamides is 1. The summed E-state index contributed by atoms with van der Waals surface area (Å²) < 4.78 is 38.3. The summed E-state index contributed by atoms with van der Waals surface area (Å²) >= 11 is 0. The van der Waals surface area contributed by atoms with Crippen molar-refractivity contribution in [3.63, 3.8) is 0 Å². The Labute approximate surface area is 188 Å². The molecule has 0 saturated carbocycles. The van der Waals surface area contributed by atoms with E-state index in [1.54, 1.807) is 50.9 Å².